The van der Waals surface area contributed by atoms with Crippen LogP contribution in [-0.4, -0.2) is 23.0 Å². The van der Waals surface area contributed by atoms with Crippen LogP contribution in [0, 0.1) is 5.82 Å². The van der Waals surface area contributed by atoms with E-state index >= 15 is 0 Å². The number of carbonyl (C=O) groups excluding carboxylic acids is 2. The predicted molar refractivity (Wildman–Crippen MR) is 111 cm³/mol. The summed E-state index contributed by atoms with van der Waals surface area (Å²) in [6, 6.07) is 11.3. The lowest BCUT2D eigenvalue weighted by Crippen LogP contribution is -2.52. The van der Waals surface area contributed by atoms with Gasteiger partial charge in [-0.15, -0.1) is 0 Å². The average Bonchev–Trinajstić information content (AvgIpc) is 2.66. The second-order valence-electron chi connectivity index (χ2n) is 8.47. The van der Waals surface area contributed by atoms with Crippen LogP contribution in [-0.2, 0) is 11.3 Å². The number of anilines is 1. The van der Waals surface area contributed by atoms with Gasteiger partial charge in [0.2, 0.25) is 0 Å². The summed E-state index contributed by atoms with van der Waals surface area (Å²) >= 11 is 0. The van der Waals surface area contributed by atoms with Crippen molar-refractivity contribution >= 4 is 17.5 Å². The molecule has 1 N–H and O–H groups in total. The summed E-state index contributed by atoms with van der Waals surface area (Å²) in [5.41, 5.74) is -0.175. The first-order valence-electron chi connectivity index (χ1n) is 9.75. The molecule has 1 aliphatic rings. The monoisotopic (exact) mass is 398 g/mol. The molecule has 0 bridgehead atoms. The predicted octanol–water partition coefficient (Wildman–Crippen LogP) is 4.45. The van der Waals surface area contributed by atoms with Crippen LogP contribution in [0.5, 0.6) is 5.75 Å². The van der Waals surface area contributed by atoms with Crippen molar-refractivity contribution < 1.29 is 18.7 Å². The maximum absolute atomic E-state index is 14.2. The second kappa shape index (κ2) is 7.50. The third kappa shape index (κ3) is 4.26. The lowest BCUT2D eigenvalue weighted by Gasteiger charge is -2.39. The van der Waals surface area contributed by atoms with Gasteiger partial charge in [0.15, 0.2) is 5.60 Å². The minimum atomic E-state index is -1.09. The highest BCUT2D eigenvalue weighted by atomic mass is 19.1. The molecule has 29 heavy (non-hydrogen) atoms. The van der Waals surface area contributed by atoms with Gasteiger partial charge in [0.25, 0.3) is 11.8 Å². The summed E-state index contributed by atoms with van der Waals surface area (Å²) in [5, 5.41) is 2.99. The van der Waals surface area contributed by atoms with Gasteiger partial charge >= 0.3 is 0 Å². The van der Waals surface area contributed by atoms with E-state index in [9.17, 15) is 14.0 Å². The first kappa shape index (κ1) is 20.8. The molecule has 154 valence electrons. The molecule has 0 unspecified atom stereocenters. The molecular weight excluding hydrogens is 371 g/mol. The van der Waals surface area contributed by atoms with Crippen LogP contribution >= 0.6 is 0 Å². The SMILES string of the molecule is CCC(C)(C)NC(=O)c1ccc2c(c1)N(Cc1ccccc1F)C(=O)C(C)(C)O2. The highest BCUT2D eigenvalue weighted by Gasteiger charge is 2.41. The molecule has 3 rings (SSSR count). The summed E-state index contributed by atoms with van der Waals surface area (Å²) < 4.78 is 20.1. The largest absolute Gasteiger partial charge is 0.476 e. The number of fused-ring (bicyclic) bond motifs is 1. The molecule has 2 aromatic rings. The summed E-state index contributed by atoms with van der Waals surface area (Å²) in [6.45, 7) is 9.30. The Morgan fingerprint density at radius 2 is 1.90 bits per heavy atom. The molecule has 0 atom stereocenters. The van der Waals surface area contributed by atoms with E-state index in [2.05, 4.69) is 5.32 Å². The number of benzene rings is 2. The van der Waals surface area contributed by atoms with E-state index in [1.54, 1.807) is 50.2 Å². The van der Waals surface area contributed by atoms with Gasteiger partial charge in [-0.2, -0.15) is 0 Å². The lowest BCUT2D eigenvalue weighted by atomic mass is 9.99. The highest BCUT2D eigenvalue weighted by Crippen LogP contribution is 2.39. The summed E-state index contributed by atoms with van der Waals surface area (Å²) in [4.78, 5) is 27.3. The molecule has 0 spiro atoms. The zero-order valence-corrected chi connectivity index (χ0v) is 17.5. The van der Waals surface area contributed by atoms with E-state index in [1.807, 2.05) is 20.8 Å². The number of rotatable bonds is 5. The van der Waals surface area contributed by atoms with Gasteiger partial charge in [-0.25, -0.2) is 4.39 Å². The van der Waals surface area contributed by atoms with Gasteiger partial charge < -0.3 is 15.0 Å². The molecular formula is C23H27FN2O3. The van der Waals surface area contributed by atoms with Crippen molar-refractivity contribution in [1.29, 1.82) is 0 Å². The van der Waals surface area contributed by atoms with Gasteiger partial charge in [-0.3, -0.25) is 9.59 Å². The quantitative estimate of drug-likeness (QED) is 0.810. The van der Waals surface area contributed by atoms with E-state index in [0.717, 1.165) is 6.42 Å². The Balaban J connectivity index is 2.01. The maximum Gasteiger partial charge on any atom is 0.271 e. The molecule has 0 saturated carbocycles. The fourth-order valence-electron chi connectivity index (χ4n) is 3.13. The smallest absolute Gasteiger partial charge is 0.271 e. The molecule has 2 amide bonds. The zero-order valence-electron chi connectivity index (χ0n) is 17.5. The van der Waals surface area contributed by atoms with Gasteiger partial charge in [0, 0.05) is 16.7 Å². The molecule has 0 aromatic heterocycles. The van der Waals surface area contributed by atoms with Crippen LogP contribution in [0.2, 0.25) is 0 Å². The van der Waals surface area contributed by atoms with E-state index in [4.69, 9.17) is 4.74 Å². The fraction of sp³-hybridized carbons (Fsp3) is 0.391. The zero-order chi connectivity index (χ0) is 21.4. The molecule has 6 heteroatoms. The van der Waals surface area contributed by atoms with Crippen LogP contribution in [0.4, 0.5) is 10.1 Å². The average molecular weight is 398 g/mol. The van der Waals surface area contributed by atoms with Gasteiger partial charge in [0.1, 0.15) is 11.6 Å². The number of hydrogen-bond acceptors (Lipinski definition) is 3. The number of hydrogen-bond donors (Lipinski definition) is 1. The molecule has 0 radical (unpaired) electrons. The summed E-state index contributed by atoms with van der Waals surface area (Å²) in [6.07, 6.45) is 0.777. The first-order valence-corrected chi connectivity index (χ1v) is 9.75. The molecule has 0 saturated heterocycles. The summed E-state index contributed by atoms with van der Waals surface area (Å²) in [5.74, 6) is -0.426. The number of amides is 2. The molecule has 0 aliphatic carbocycles. The van der Waals surface area contributed by atoms with Crippen molar-refractivity contribution in [3.63, 3.8) is 0 Å². The number of halogens is 1. The molecule has 1 aliphatic heterocycles. The maximum atomic E-state index is 14.2. The standard InChI is InChI=1S/C23H27FN2O3/c1-6-22(2,3)25-20(27)15-11-12-19-18(13-15)26(21(28)23(4,5)29-19)14-16-9-7-8-10-17(16)24/h7-13H,6,14H2,1-5H3,(H,25,27). The Hall–Kier alpha value is -2.89. The van der Waals surface area contributed by atoms with Crippen molar-refractivity contribution in [2.45, 2.75) is 58.7 Å². The minimum Gasteiger partial charge on any atom is -0.476 e. The van der Waals surface area contributed by atoms with Gasteiger partial charge in [0.05, 0.1) is 12.2 Å². The normalized spacial score (nSPS) is 15.5. The van der Waals surface area contributed by atoms with Crippen molar-refractivity contribution in [1.82, 2.24) is 5.32 Å². The Labute approximate surface area is 170 Å². The third-order valence-electron chi connectivity index (χ3n) is 5.26. The Morgan fingerprint density at radius 3 is 2.55 bits per heavy atom. The van der Waals surface area contributed by atoms with Crippen molar-refractivity contribution in [2.75, 3.05) is 4.90 Å². The molecule has 5 nitrogen and oxygen atoms in total. The minimum absolute atomic E-state index is 0.0524. The first-order chi connectivity index (χ1) is 13.5. The number of carbonyl (C=O) groups is 2. The van der Waals surface area contributed by atoms with E-state index in [1.165, 1.54) is 11.0 Å². The molecule has 0 fully saturated rings. The Bertz CT molecular complexity index is 953. The molecule has 1 heterocycles. The Morgan fingerprint density at radius 1 is 1.21 bits per heavy atom. The van der Waals surface area contributed by atoms with Crippen molar-refractivity contribution in [3.05, 3.63) is 59.4 Å². The van der Waals surface area contributed by atoms with Crippen molar-refractivity contribution in [3.8, 4) is 5.75 Å². The van der Waals surface area contributed by atoms with Gasteiger partial charge in [-0.1, -0.05) is 25.1 Å². The topological polar surface area (TPSA) is 58.6 Å². The number of nitrogens with one attached hydrogen (secondary N) is 1. The lowest BCUT2D eigenvalue weighted by molar-refractivity contribution is -0.132. The van der Waals surface area contributed by atoms with E-state index in [0.29, 0.717) is 22.6 Å². The fourth-order valence-corrected chi connectivity index (χ4v) is 3.13. The van der Waals surface area contributed by atoms with E-state index < -0.39 is 5.60 Å². The van der Waals surface area contributed by atoms with Gasteiger partial charge in [-0.05, 0) is 58.4 Å². The highest BCUT2D eigenvalue weighted by molar-refractivity contribution is 6.04. The van der Waals surface area contributed by atoms with Crippen LogP contribution in [0.25, 0.3) is 0 Å². The third-order valence-corrected chi connectivity index (χ3v) is 5.26. The summed E-state index contributed by atoms with van der Waals surface area (Å²) in [7, 11) is 0. The molecule has 2 aromatic carbocycles. The van der Waals surface area contributed by atoms with Crippen molar-refractivity contribution in [2.24, 2.45) is 0 Å². The number of nitrogens with zero attached hydrogens (tertiary/aromatic N) is 1. The van der Waals surface area contributed by atoms with Crippen LogP contribution < -0.4 is 15.0 Å². The van der Waals surface area contributed by atoms with Crippen LogP contribution in [0.3, 0.4) is 0 Å². The second-order valence-corrected chi connectivity index (χ2v) is 8.47. The van der Waals surface area contributed by atoms with Crippen LogP contribution in [0.1, 0.15) is 57.0 Å². The van der Waals surface area contributed by atoms with Crippen LogP contribution in [0.15, 0.2) is 42.5 Å². The van der Waals surface area contributed by atoms with E-state index in [-0.39, 0.29) is 29.7 Å². The number of ether oxygens (including phenoxy) is 1. The Kier molecular flexibility index (Phi) is 5.39.